The van der Waals surface area contributed by atoms with Gasteiger partial charge in [-0.2, -0.15) is 5.10 Å². The number of hydrogen-bond donors (Lipinski definition) is 0. The Morgan fingerprint density at radius 2 is 1.96 bits per heavy atom. The first-order valence-electron chi connectivity index (χ1n) is 8.16. The van der Waals surface area contributed by atoms with Crippen molar-refractivity contribution in [3.8, 4) is 11.3 Å². The second kappa shape index (κ2) is 6.59. The Kier molecular flexibility index (Phi) is 4.78. The molecule has 1 atom stereocenters. The van der Waals surface area contributed by atoms with Crippen molar-refractivity contribution in [3.05, 3.63) is 39.3 Å². The standard InChI is InChI=1S/C18H21FIN3O2/c1-11-9-23-14(10-22(11)17(24)25-18(2,3)4)15(20)16(21-23)12-5-7-13(19)8-6-12/h5-8,11H,9-10H2,1-4H3/t11-/m0/s1. The predicted molar refractivity (Wildman–Crippen MR) is 102 cm³/mol. The second-order valence-electron chi connectivity index (χ2n) is 7.26. The predicted octanol–water partition coefficient (Wildman–Crippen LogP) is 4.43. The Bertz CT molecular complexity index is 796. The first-order valence-corrected chi connectivity index (χ1v) is 9.24. The minimum atomic E-state index is -0.527. The number of carbonyl (C=O) groups excluding carboxylic acids is 1. The molecule has 0 spiro atoms. The molecule has 0 fully saturated rings. The number of amides is 1. The molecule has 1 aromatic carbocycles. The van der Waals surface area contributed by atoms with Crippen LogP contribution in [-0.4, -0.2) is 32.4 Å². The fraction of sp³-hybridized carbons (Fsp3) is 0.444. The minimum absolute atomic E-state index is 0.0147. The highest BCUT2D eigenvalue weighted by molar-refractivity contribution is 14.1. The zero-order chi connectivity index (χ0) is 18.4. The lowest BCUT2D eigenvalue weighted by atomic mass is 10.1. The molecule has 3 rings (SSSR count). The largest absolute Gasteiger partial charge is 0.444 e. The van der Waals surface area contributed by atoms with E-state index in [0.29, 0.717) is 13.1 Å². The topological polar surface area (TPSA) is 47.4 Å². The van der Waals surface area contributed by atoms with Gasteiger partial charge in [-0.1, -0.05) is 0 Å². The van der Waals surface area contributed by atoms with Crippen LogP contribution in [0.3, 0.4) is 0 Å². The summed E-state index contributed by atoms with van der Waals surface area (Å²) in [7, 11) is 0. The minimum Gasteiger partial charge on any atom is -0.444 e. The third kappa shape index (κ3) is 3.80. The van der Waals surface area contributed by atoms with Crippen LogP contribution in [0.25, 0.3) is 11.3 Å². The number of fused-ring (bicyclic) bond motifs is 1. The SMILES string of the molecule is C[C@H]1Cn2nc(-c3ccc(F)cc3)c(I)c2CN1C(=O)OC(C)(C)C. The molecule has 7 heteroatoms. The average molecular weight is 457 g/mol. The van der Waals surface area contributed by atoms with Crippen LogP contribution in [0.15, 0.2) is 24.3 Å². The first kappa shape index (κ1) is 18.2. The van der Waals surface area contributed by atoms with Gasteiger partial charge < -0.3 is 4.74 Å². The summed E-state index contributed by atoms with van der Waals surface area (Å²) >= 11 is 2.24. The van der Waals surface area contributed by atoms with Gasteiger partial charge in [0.15, 0.2) is 0 Å². The summed E-state index contributed by atoms with van der Waals surface area (Å²) in [5, 5.41) is 4.68. The smallest absolute Gasteiger partial charge is 0.410 e. The quantitative estimate of drug-likeness (QED) is 0.596. The van der Waals surface area contributed by atoms with Crippen LogP contribution < -0.4 is 0 Å². The molecule has 0 saturated heterocycles. The van der Waals surface area contributed by atoms with E-state index in [1.807, 2.05) is 32.4 Å². The van der Waals surface area contributed by atoms with Gasteiger partial charge >= 0.3 is 6.09 Å². The van der Waals surface area contributed by atoms with Crippen LogP contribution in [0.2, 0.25) is 0 Å². The van der Waals surface area contributed by atoms with Gasteiger partial charge in [-0.15, -0.1) is 0 Å². The molecule has 1 aliphatic heterocycles. The number of rotatable bonds is 1. The highest BCUT2D eigenvalue weighted by Crippen LogP contribution is 2.31. The van der Waals surface area contributed by atoms with E-state index in [1.54, 1.807) is 17.0 Å². The summed E-state index contributed by atoms with van der Waals surface area (Å²) in [6.45, 7) is 8.62. The number of halogens is 2. The summed E-state index contributed by atoms with van der Waals surface area (Å²) in [5.74, 6) is -0.271. The molecule has 2 aromatic rings. The molecule has 0 N–H and O–H groups in total. The molecule has 1 aromatic heterocycles. The molecular weight excluding hydrogens is 436 g/mol. The molecule has 25 heavy (non-hydrogen) atoms. The van der Waals surface area contributed by atoms with Crippen molar-refractivity contribution in [2.45, 2.75) is 52.4 Å². The number of benzene rings is 1. The Hall–Kier alpha value is -1.64. The fourth-order valence-electron chi connectivity index (χ4n) is 2.80. The highest BCUT2D eigenvalue weighted by Gasteiger charge is 2.33. The lowest BCUT2D eigenvalue weighted by Crippen LogP contribution is -2.47. The van der Waals surface area contributed by atoms with E-state index in [1.165, 1.54) is 12.1 Å². The second-order valence-corrected chi connectivity index (χ2v) is 8.33. The van der Waals surface area contributed by atoms with Gasteiger partial charge in [0.25, 0.3) is 0 Å². The van der Waals surface area contributed by atoms with Gasteiger partial charge in [-0.25, -0.2) is 9.18 Å². The van der Waals surface area contributed by atoms with Crippen LogP contribution in [-0.2, 0) is 17.8 Å². The molecule has 5 nitrogen and oxygen atoms in total. The van der Waals surface area contributed by atoms with Crippen LogP contribution in [0.4, 0.5) is 9.18 Å². The average Bonchev–Trinajstić information content (AvgIpc) is 2.81. The van der Waals surface area contributed by atoms with Crippen LogP contribution in [0, 0.1) is 9.39 Å². The van der Waals surface area contributed by atoms with E-state index in [4.69, 9.17) is 4.74 Å². The Morgan fingerprint density at radius 1 is 1.32 bits per heavy atom. The maximum Gasteiger partial charge on any atom is 0.410 e. The number of aromatic nitrogens is 2. The number of ether oxygens (including phenoxy) is 1. The Balaban J connectivity index is 1.90. The summed E-state index contributed by atoms with van der Waals surface area (Å²) in [4.78, 5) is 14.2. The molecule has 1 amide bonds. The Labute approximate surface area is 160 Å². The zero-order valence-corrected chi connectivity index (χ0v) is 16.9. The molecule has 2 heterocycles. The highest BCUT2D eigenvalue weighted by atomic mass is 127. The first-order chi connectivity index (χ1) is 11.7. The normalized spacial score (nSPS) is 17.4. The van der Waals surface area contributed by atoms with E-state index in [0.717, 1.165) is 20.5 Å². The van der Waals surface area contributed by atoms with Gasteiger partial charge in [-0.05, 0) is 74.6 Å². The molecule has 0 radical (unpaired) electrons. The maximum atomic E-state index is 13.2. The molecule has 0 bridgehead atoms. The summed E-state index contributed by atoms with van der Waals surface area (Å²) in [5.41, 5.74) is 2.13. The summed E-state index contributed by atoms with van der Waals surface area (Å²) in [6.07, 6.45) is -0.313. The lowest BCUT2D eigenvalue weighted by Gasteiger charge is -2.35. The van der Waals surface area contributed by atoms with E-state index >= 15 is 0 Å². The molecule has 0 aliphatic carbocycles. The summed E-state index contributed by atoms with van der Waals surface area (Å²) < 4.78 is 21.6. The van der Waals surface area contributed by atoms with Gasteiger partial charge in [0.1, 0.15) is 17.1 Å². The molecular formula is C18H21FIN3O2. The van der Waals surface area contributed by atoms with E-state index in [2.05, 4.69) is 27.7 Å². The third-order valence-corrected chi connectivity index (χ3v) is 5.16. The van der Waals surface area contributed by atoms with E-state index in [-0.39, 0.29) is 18.0 Å². The van der Waals surface area contributed by atoms with Gasteiger partial charge in [0.05, 0.1) is 28.4 Å². The zero-order valence-electron chi connectivity index (χ0n) is 14.7. The van der Waals surface area contributed by atoms with Crippen LogP contribution in [0.1, 0.15) is 33.4 Å². The number of carbonyl (C=O) groups is 1. The van der Waals surface area contributed by atoms with Crippen molar-refractivity contribution in [3.63, 3.8) is 0 Å². The molecule has 0 saturated carbocycles. The van der Waals surface area contributed by atoms with E-state index < -0.39 is 5.60 Å². The monoisotopic (exact) mass is 457 g/mol. The van der Waals surface area contributed by atoms with Gasteiger partial charge in [0.2, 0.25) is 0 Å². The van der Waals surface area contributed by atoms with Crippen LogP contribution in [0.5, 0.6) is 0 Å². The Morgan fingerprint density at radius 3 is 2.56 bits per heavy atom. The van der Waals surface area contributed by atoms with Crippen molar-refractivity contribution in [2.75, 3.05) is 0 Å². The number of nitrogens with zero attached hydrogens (tertiary/aromatic N) is 3. The molecule has 1 aliphatic rings. The third-order valence-electron chi connectivity index (χ3n) is 4.03. The van der Waals surface area contributed by atoms with Crippen molar-refractivity contribution >= 4 is 28.7 Å². The van der Waals surface area contributed by atoms with E-state index in [9.17, 15) is 9.18 Å². The van der Waals surface area contributed by atoms with Crippen molar-refractivity contribution in [1.82, 2.24) is 14.7 Å². The van der Waals surface area contributed by atoms with Crippen molar-refractivity contribution in [2.24, 2.45) is 0 Å². The number of hydrogen-bond acceptors (Lipinski definition) is 3. The molecule has 0 unspecified atom stereocenters. The maximum absolute atomic E-state index is 13.2. The fourth-order valence-corrected chi connectivity index (χ4v) is 3.67. The van der Waals surface area contributed by atoms with Crippen molar-refractivity contribution < 1.29 is 13.9 Å². The summed E-state index contributed by atoms with van der Waals surface area (Å²) in [6, 6.07) is 6.29. The van der Waals surface area contributed by atoms with Gasteiger partial charge in [-0.3, -0.25) is 9.58 Å². The molecule has 134 valence electrons. The van der Waals surface area contributed by atoms with Gasteiger partial charge in [0, 0.05) is 5.56 Å². The lowest BCUT2D eigenvalue weighted by molar-refractivity contribution is 0.00899. The van der Waals surface area contributed by atoms with Crippen LogP contribution >= 0.6 is 22.6 Å². The van der Waals surface area contributed by atoms with Crippen molar-refractivity contribution in [1.29, 1.82) is 0 Å².